The van der Waals surface area contributed by atoms with E-state index in [1.54, 1.807) is 0 Å². The topological polar surface area (TPSA) is 9.23 Å². The molecule has 0 saturated carbocycles. The SMILES string of the molecule is CCC(C)[SiH2]O[SiH](C(C)C)C(C)CC. The maximum atomic E-state index is 6.29. The second kappa shape index (κ2) is 7.66. The summed E-state index contributed by atoms with van der Waals surface area (Å²) in [4.78, 5) is 0. The molecule has 0 aromatic rings. The highest BCUT2D eigenvalue weighted by atomic mass is 28.3. The Kier molecular flexibility index (Phi) is 7.87. The Labute approximate surface area is 94.3 Å². The van der Waals surface area contributed by atoms with Gasteiger partial charge in [0.25, 0.3) is 0 Å². The molecule has 0 saturated heterocycles. The third-order valence-electron chi connectivity index (χ3n) is 3.13. The van der Waals surface area contributed by atoms with Crippen LogP contribution in [0.25, 0.3) is 0 Å². The Bertz CT molecular complexity index is 139. The predicted molar refractivity (Wildman–Crippen MR) is 71.3 cm³/mol. The molecule has 0 aliphatic carbocycles. The van der Waals surface area contributed by atoms with E-state index in [2.05, 4.69) is 41.5 Å². The fraction of sp³-hybridized carbons (Fsp3) is 1.00. The molecule has 1 nitrogen and oxygen atoms in total. The van der Waals surface area contributed by atoms with Crippen LogP contribution in [-0.4, -0.2) is 18.8 Å². The van der Waals surface area contributed by atoms with Gasteiger partial charge in [-0.2, -0.15) is 0 Å². The lowest BCUT2D eigenvalue weighted by atomic mass is 10.4. The summed E-state index contributed by atoms with van der Waals surface area (Å²) in [7, 11) is -1.15. The van der Waals surface area contributed by atoms with E-state index >= 15 is 0 Å². The molecule has 0 bridgehead atoms. The van der Waals surface area contributed by atoms with Crippen LogP contribution in [0.3, 0.4) is 0 Å². The van der Waals surface area contributed by atoms with Crippen molar-refractivity contribution in [3.8, 4) is 0 Å². The van der Waals surface area contributed by atoms with Crippen molar-refractivity contribution in [1.82, 2.24) is 0 Å². The van der Waals surface area contributed by atoms with Gasteiger partial charge >= 0.3 is 0 Å². The Morgan fingerprint density at radius 3 is 2.00 bits per heavy atom. The summed E-state index contributed by atoms with van der Waals surface area (Å²) in [6.45, 7) is 14.0. The fourth-order valence-electron chi connectivity index (χ4n) is 1.64. The molecule has 3 unspecified atom stereocenters. The smallest absolute Gasteiger partial charge is 0.168 e. The molecule has 0 radical (unpaired) electrons. The zero-order valence-electron chi connectivity index (χ0n) is 10.8. The maximum Gasteiger partial charge on any atom is 0.168 e. The van der Waals surface area contributed by atoms with E-state index in [-0.39, 0.29) is 9.76 Å². The van der Waals surface area contributed by atoms with Gasteiger partial charge in [0, 0.05) is 0 Å². The second-order valence-corrected chi connectivity index (χ2v) is 11.4. The molecule has 86 valence electrons. The first-order valence-corrected chi connectivity index (χ1v) is 9.34. The molecule has 0 heterocycles. The first-order chi connectivity index (χ1) is 6.52. The van der Waals surface area contributed by atoms with Gasteiger partial charge in [-0.05, 0) is 16.6 Å². The minimum absolute atomic E-state index is 0.245. The van der Waals surface area contributed by atoms with Gasteiger partial charge in [0.2, 0.25) is 0 Å². The Balaban J connectivity index is 3.97. The Morgan fingerprint density at radius 2 is 1.64 bits per heavy atom. The average molecular weight is 233 g/mol. The van der Waals surface area contributed by atoms with E-state index in [4.69, 9.17) is 4.12 Å². The quantitative estimate of drug-likeness (QED) is 0.612. The standard InChI is InChI=1S/C11H28OSi2/c1-7-10(5)13-12-14(9(3)4)11(6)8-2/h9-11,14H,7-8,13H2,1-6H3. The molecule has 0 aromatic heterocycles. The third kappa shape index (κ3) is 5.32. The monoisotopic (exact) mass is 232 g/mol. The lowest BCUT2D eigenvalue weighted by molar-refractivity contribution is 0.541. The highest BCUT2D eigenvalue weighted by molar-refractivity contribution is 6.61. The van der Waals surface area contributed by atoms with Crippen LogP contribution >= 0.6 is 0 Å². The lowest BCUT2D eigenvalue weighted by Crippen LogP contribution is -2.29. The number of rotatable bonds is 7. The molecule has 0 aliphatic rings. The van der Waals surface area contributed by atoms with Crippen LogP contribution in [0.5, 0.6) is 0 Å². The van der Waals surface area contributed by atoms with E-state index < -0.39 is 9.04 Å². The maximum absolute atomic E-state index is 6.29. The zero-order valence-corrected chi connectivity index (χ0v) is 13.4. The van der Waals surface area contributed by atoms with Gasteiger partial charge < -0.3 is 4.12 Å². The van der Waals surface area contributed by atoms with Crippen LogP contribution in [0.1, 0.15) is 54.4 Å². The lowest BCUT2D eigenvalue weighted by Gasteiger charge is -2.26. The molecule has 0 rings (SSSR count). The van der Waals surface area contributed by atoms with Crippen molar-refractivity contribution in [2.45, 2.75) is 71.0 Å². The predicted octanol–water partition coefficient (Wildman–Crippen LogP) is 3.24. The normalized spacial score (nSPS) is 19.1. The van der Waals surface area contributed by atoms with Crippen LogP contribution in [0.4, 0.5) is 0 Å². The third-order valence-corrected chi connectivity index (χ3v) is 9.49. The second-order valence-electron chi connectivity index (χ2n) is 4.94. The van der Waals surface area contributed by atoms with E-state index in [1.807, 2.05) is 0 Å². The number of hydrogen-bond acceptors (Lipinski definition) is 1. The average Bonchev–Trinajstić information content (AvgIpc) is 2.16. The van der Waals surface area contributed by atoms with E-state index in [9.17, 15) is 0 Å². The van der Waals surface area contributed by atoms with Gasteiger partial charge in [-0.3, -0.25) is 0 Å². The van der Waals surface area contributed by atoms with Crippen molar-refractivity contribution in [3.63, 3.8) is 0 Å². The van der Waals surface area contributed by atoms with Crippen molar-refractivity contribution in [1.29, 1.82) is 0 Å². The van der Waals surface area contributed by atoms with Gasteiger partial charge in [0.15, 0.2) is 9.04 Å². The van der Waals surface area contributed by atoms with Gasteiger partial charge in [0.05, 0.1) is 0 Å². The van der Waals surface area contributed by atoms with Crippen molar-refractivity contribution in [2.75, 3.05) is 0 Å². The van der Waals surface area contributed by atoms with E-state index in [0.29, 0.717) is 0 Å². The van der Waals surface area contributed by atoms with E-state index in [1.165, 1.54) is 12.8 Å². The molecular weight excluding hydrogens is 204 g/mol. The summed E-state index contributed by atoms with van der Waals surface area (Å²) in [6, 6.07) is 0. The van der Waals surface area contributed by atoms with Gasteiger partial charge in [-0.25, -0.2) is 0 Å². The molecule has 0 spiro atoms. The highest BCUT2D eigenvalue weighted by Gasteiger charge is 2.22. The molecule has 3 atom stereocenters. The Morgan fingerprint density at radius 1 is 1.07 bits per heavy atom. The molecule has 14 heavy (non-hydrogen) atoms. The summed E-state index contributed by atoms with van der Waals surface area (Å²) >= 11 is 0. The van der Waals surface area contributed by atoms with Gasteiger partial charge in [-0.1, -0.05) is 54.4 Å². The first-order valence-electron chi connectivity index (χ1n) is 6.14. The molecule has 3 heteroatoms. The highest BCUT2D eigenvalue weighted by Crippen LogP contribution is 2.25. The molecule has 0 N–H and O–H groups in total. The molecule has 0 aliphatic heterocycles. The van der Waals surface area contributed by atoms with Crippen LogP contribution in [-0.2, 0) is 4.12 Å². The zero-order chi connectivity index (χ0) is 11.1. The van der Waals surface area contributed by atoms with Crippen molar-refractivity contribution in [3.05, 3.63) is 0 Å². The first kappa shape index (κ1) is 14.4. The summed E-state index contributed by atoms with van der Waals surface area (Å²) in [5, 5.41) is 0. The van der Waals surface area contributed by atoms with Crippen LogP contribution in [0.15, 0.2) is 0 Å². The van der Waals surface area contributed by atoms with Crippen molar-refractivity contribution >= 4 is 18.8 Å². The van der Waals surface area contributed by atoms with Crippen LogP contribution < -0.4 is 0 Å². The summed E-state index contributed by atoms with van der Waals surface area (Å²) in [5.74, 6) is 0. The van der Waals surface area contributed by atoms with Crippen LogP contribution in [0, 0.1) is 0 Å². The van der Waals surface area contributed by atoms with Gasteiger partial charge in [0.1, 0.15) is 9.76 Å². The number of hydrogen-bond donors (Lipinski definition) is 0. The minimum atomic E-state index is -0.910. The van der Waals surface area contributed by atoms with Crippen molar-refractivity contribution < 1.29 is 4.12 Å². The van der Waals surface area contributed by atoms with E-state index in [0.717, 1.165) is 16.6 Å². The molecular formula is C11H28OSi2. The Hall–Kier alpha value is 0.394. The fourth-order valence-corrected chi connectivity index (χ4v) is 8.71. The molecule has 0 fully saturated rings. The largest absolute Gasteiger partial charge is 0.462 e. The minimum Gasteiger partial charge on any atom is -0.462 e. The van der Waals surface area contributed by atoms with Gasteiger partial charge in [-0.15, -0.1) is 0 Å². The molecule has 0 aromatic carbocycles. The molecule has 0 amide bonds. The van der Waals surface area contributed by atoms with Crippen molar-refractivity contribution in [2.24, 2.45) is 0 Å². The summed E-state index contributed by atoms with van der Waals surface area (Å²) < 4.78 is 6.29. The van der Waals surface area contributed by atoms with Crippen LogP contribution in [0.2, 0.25) is 16.6 Å². The summed E-state index contributed by atoms with van der Waals surface area (Å²) in [5.41, 5.74) is 2.53. The summed E-state index contributed by atoms with van der Waals surface area (Å²) in [6.07, 6.45) is 2.59.